The van der Waals surface area contributed by atoms with E-state index in [0.717, 1.165) is 24.0 Å². The van der Waals surface area contributed by atoms with Gasteiger partial charge in [0, 0.05) is 18.1 Å². The molecule has 2 atom stereocenters. The third-order valence-electron chi connectivity index (χ3n) is 5.04. The van der Waals surface area contributed by atoms with Crippen molar-refractivity contribution in [2.45, 2.75) is 83.8 Å². The molecular weight excluding hydrogens is 220 g/mol. The lowest BCUT2D eigenvalue weighted by atomic mass is 9.85. The summed E-state index contributed by atoms with van der Waals surface area (Å²) in [6.45, 7) is 9.67. The molecule has 0 radical (unpaired) electrons. The maximum absolute atomic E-state index is 3.69. The summed E-state index contributed by atoms with van der Waals surface area (Å²) >= 11 is 0. The van der Waals surface area contributed by atoms with E-state index < -0.39 is 0 Å². The molecule has 0 bridgehead atoms. The van der Waals surface area contributed by atoms with Crippen LogP contribution in [0.5, 0.6) is 0 Å². The van der Waals surface area contributed by atoms with Crippen LogP contribution in [0.3, 0.4) is 0 Å². The largest absolute Gasteiger partial charge is 0.314 e. The zero-order chi connectivity index (χ0) is 13.0. The van der Waals surface area contributed by atoms with E-state index in [2.05, 4.69) is 31.0 Å². The van der Waals surface area contributed by atoms with E-state index in [0.29, 0.717) is 0 Å². The highest BCUT2D eigenvalue weighted by atomic mass is 15.2. The molecule has 1 saturated heterocycles. The highest BCUT2D eigenvalue weighted by Crippen LogP contribution is 2.30. The summed E-state index contributed by atoms with van der Waals surface area (Å²) < 4.78 is 0. The van der Waals surface area contributed by atoms with Crippen LogP contribution < -0.4 is 5.32 Å². The molecule has 1 saturated carbocycles. The number of nitrogens with one attached hydrogen (secondary N) is 1. The van der Waals surface area contributed by atoms with Crippen LogP contribution in [0.2, 0.25) is 0 Å². The second-order valence-corrected chi connectivity index (χ2v) is 6.68. The van der Waals surface area contributed by atoms with Crippen molar-refractivity contribution in [3.05, 3.63) is 0 Å². The summed E-state index contributed by atoms with van der Waals surface area (Å²) in [6, 6.07) is 2.51. The van der Waals surface area contributed by atoms with Crippen molar-refractivity contribution in [2.75, 3.05) is 13.1 Å². The lowest BCUT2D eigenvalue weighted by Crippen LogP contribution is -2.49. The van der Waals surface area contributed by atoms with Crippen LogP contribution in [0.15, 0.2) is 0 Å². The Kier molecular flexibility index (Phi) is 5.50. The van der Waals surface area contributed by atoms with Crippen molar-refractivity contribution in [1.82, 2.24) is 10.2 Å². The summed E-state index contributed by atoms with van der Waals surface area (Å²) in [5, 5.41) is 3.69. The van der Waals surface area contributed by atoms with Gasteiger partial charge in [-0.25, -0.2) is 0 Å². The van der Waals surface area contributed by atoms with Crippen LogP contribution in [0.1, 0.15) is 65.7 Å². The van der Waals surface area contributed by atoms with E-state index in [-0.39, 0.29) is 0 Å². The van der Waals surface area contributed by atoms with E-state index >= 15 is 0 Å². The molecule has 1 aliphatic heterocycles. The van der Waals surface area contributed by atoms with Gasteiger partial charge in [0.25, 0.3) is 0 Å². The normalized spacial score (nSPS) is 38.8. The maximum atomic E-state index is 3.69. The Morgan fingerprint density at radius 1 is 1.06 bits per heavy atom. The monoisotopic (exact) mass is 252 g/mol. The SMILES string of the molecule is CCCNC1CCC(N2CCC(C)CC2C)CC1. The van der Waals surface area contributed by atoms with Crippen LogP contribution in [-0.4, -0.2) is 36.1 Å². The zero-order valence-electron chi connectivity index (χ0n) is 12.6. The molecule has 0 aromatic carbocycles. The van der Waals surface area contributed by atoms with Crippen molar-refractivity contribution in [1.29, 1.82) is 0 Å². The summed E-state index contributed by atoms with van der Waals surface area (Å²) in [7, 11) is 0. The fourth-order valence-corrected chi connectivity index (χ4v) is 3.93. The lowest BCUT2D eigenvalue weighted by Gasteiger charge is -2.44. The predicted octanol–water partition coefficient (Wildman–Crippen LogP) is 3.42. The average molecular weight is 252 g/mol. The Morgan fingerprint density at radius 3 is 2.39 bits per heavy atom. The number of hydrogen-bond acceptors (Lipinski definition) is 2. The van der Waals surface area contributed by atoms with Crippen molar-refractivity contribution in [3.63, 3.8) is 0 Å². The van der Waals surface area contributed by atoms with Gasteiger partial charge in [-0.2, -0.15) is 0 Å². The maximum Gasteiger partial charge on any atom is 0.00992 e. The van der Waals surface area contributed by atoms with Crippen molar-refractivity contribution < 1.29 is 0 Å². The number of nitrogens with zero attached hydrogens (tertiary/aromatic N) is 1. The van der Waals surface area contributed by atoms with Crippen molar-refractivity contribution in [3.8, 4) is 0 Å². The molecular formula is C16H32N2. The molecule has 2 fully saturated rings. The van der Waals surface area contributed by atoms with Gasteiger partial charge in [0.15, 0.2) is 0 Å². The molecule has 1 aliphatic carbocycles. The molecule has 2 aliphatic rings. The van der Waals surface area contributed by atoms with Crippen LogP contribution in [0.4, 0.5) is 0 Å². The first-order chi connectivity index (χ1) is 8.70. The number of piperidine rings is 1. The van der Waals surface area contributed by atoms with Gasteiger partial charge in [0.2, 0.25) is 0 Å². The molecule has 0 aromatic rings. The Balaban J connectivity index is 1.75. The zero-order valence-corrected chi connectivity index (χ0v) is 12.6. The van der Waals surface area contributed by atoms with Gasteiger partial charge in [-0.1, -0.05) is 13.8 Å². The average Bonchev–Trinajstić information content (AvgIpc) is 2.37. The van der Waals surface area contributed by atoms with Crippen molar-refractivity contribution >= 4 is 0 Å². The molecule has 0 spiro atoms. The third kappa shape index (κ3) is 3.71. The number of hydrogen-bond donors (Lipinski definition) is 1. The van der Waals surface area contributed by atoms with E-state index in [1.54, 1.807) is 0 Å². The quantitative estimate of drug-likeness (QED) is 0.825. The fraction of sp³-hybridized carbons (Fsp3) is 1.00. The van der Waals surface area contributed by atoms with Crippen LogP contribution in [0, 0.1) is 5.92 Å². The molecule has 1 heterocycles. The summed E-state index contributed by atoms with van der Waals surface area (Å²) in [6.07, 6.45) is 9.71. The molecule has 0 aromatic heterocycles. The van der Waals surface area contributed by atoms with Crippen LogP contribution in [0.25, 0.3) is 0 Å². The topological polar surface area (TPSA) is 15.3 Å². The Bertz CT molecular complexity index is 233. The minimum atomic E-state index is 0.806. The standard InChI is InChI=1S/C16H32N2/c1-4-10-17-15-5-7-16(8-6-15)18-11-9-13(2)12-14(18)3/h13-17H,4-12H2,1-3H3. The van der Waals surface area contributed by atoms with Crippen LogP contribution in [-0.2, 0) is 0 Å². The van der Waals surface area contributed by atoms with Gasteiger partial charge in [0.05, 0.1) is 0 Å². The first-order valence-corrected chi connectivity index (χ1v) is 8.19. The third-order valence-corrected chi connectivity index (χ3v) is 5.04. The minimum Gasteiger partial charge on any atom is -0.314 e. The molecule has 106 valence electrons. The second-order valence-electron chi connectivity index (χ2n) is 6.68. The van der Waals surface area contributed by atoms with E-state index in [4.69, 9.17) is 0 Å². The number of likely N-dealkylation sites (tertiary alicyclic amines) is 1. The molecule has 2 unspecified atom stereocenters. The summed E-state index contributed by atoms with van der Waals surface area (Å²) in [4.78, 5) is 2.82. The molecule has 18 heavy (non-hydrogen) atoms. The van der Waals surface area contributed by atoms with Crippen LogP contribution >= 0.6 is 0 Å². The fourth-order valence-electron chi connectivity index (χ4n) is 3.93. The highest BCUT2D eigenvalue weighted by molar-refractivity contribution is 4.87. The van der Waals surface area contributed by atoms with Gasteiger partial charge >= 0.3 is 0 Å². The Labute approximate surface area is 114 Å². The van der Waals surface area contributed by atoms with Crippen molar-refractivity contribution in [2.24, 2.45) is 5.92 Å². The van der Waals surface area contributed by atoms with Gasteiger partial charge in [-0.15, -0.1) is 0 Å². The summed E-state index contributed by atoms with van der Waals surface area (Å²) in [5.74, 6) is 0.943. The highest BCUT2D eigenvalue weighted by Gasteiger charge is 2.31. The Hall–Kier alpha value is -0.0800. The minimum absolute atomic E-state index is 0.806. The summed E-state index contributed by atoms with van der Waals surface area (Å²) in [5.41, 5.74) is 0. The lowest BCUT2D eigenvalue weighted by molar-refractivity contribution is 0.0575. The number of rotatable bonds is 4. The van der Waals surface area contributed by atoms with Gasteiger partial charge in [-0.05, 0) is 70.9 Å². The van der Waals surface area contributed by atoms with Gasteiger partial charge < -0.3 is 5.32 Å². The molecule has 0 amide bonds. The molecule has 2 rings (SSSR count). The smallest absolute Gasteiger partial charge is 0.00992 e. The first kappa shape index (κ1) is 14.3. The molecule has 1 N–H and O–H groups in total. The predicted molar refractivity (Wildman–Crippen MR) is 78.9 cm³/mol. The van der Waals surface area contributed by atoms with Gasteiger partial charge in [0.1, 0.15) is 0 Å². The molecule has 2 nitrogen and oxygen atoms in total. The molecule has 2 heteroatoms. The van der Waals surface area contributed by atoms with E-state index in [1.807, 2.05) is 0 Å². The Morgan fingerprint density at radius 2 is 1.78 bits per heavy atom. The second kappa shape index (κ2) is 6.91. The van der Waals surface area contributed by atoms with Gasteiger partial charge in [-0.3, -0.25) is 4.90 Å². The van der Waals surface area contributed by atoms with E-state index in [1.165, 1.54) is 58.0 Å². The first-order valence-electron chi connectivity index (χ1n) is 8.19. The van der Waals surface area contributed by atoms with E-state index in [9.17, 15) is 0 Å².